The van der Waals surface area contributed by atoms with Crippen molar-refractivity contribution in [3.05, 3.63) is 32.8 Å². The number of hydrogen-bond donors (Lipinski definition) is 2. The molecule has 0 bridgehead atoms. The van der Waals surface area contributed by atoms with Crippen LogP contribution in [0.15, 0.2) is 21.7 Å². The molecule has 1 rings (SSSR count). The van der Waals surface area contributed by atoms with Gasteiger partial charge in [-0.1, -0.05) is 0 Å². The third-order valence-electron chi connectivity index (χ3n) is 2.12. The number of nitrogens with one attached hydrogen (secondary N) is 2. The summed E-state index contributed by atoms with van der Waals surface area (Å²) in [4.78, 5) is 44.8. The first-order chi connectivity index (χ1) is 8.43. The second kappa shape index (κ2) is 5.80. The Labute approximate surface area is 102 Å². The van der Waals surface area contributed by atoms with Gasteiger partial charge in [-0.2, -0.15) is 0 Å². The summed E-state index contributed by atoms with van der Waals surface area (Å²) < 4.78 is 5.42. The van der Waals surface area contributed by atoms with Crippen LogP contribution in [0.1, 0.15) is 6.92 Å². The summed E-state index contributed by atoms with van der Waals surface area (Å²) in [7, 11) is 1.16. The highest BCUT2D eigenvalue weighted by Crippen LogP contribution is 1.91. The van der Waals surface area contributed by atoms with Gasteiger partial charge < -0.3 is 10.1 Å². The van der Waals surface area contributed by atoms with Gasteiger partial charge in [0, 0.05) is 19.1 Å². The van der Waals surface area contributed by atoms with E-state index in [1.165, 1.54) is 6.92 Å². The Hall–Kier alpha value is -2.38. The zero-order chi connectivity index (χ0) is 13.7. The van der Waals surface area contributed by atoms with Gasteiger partial charge in [-0.25, -0.2) is 9.48 Å². The average molecular weight is 255 g/mol. The summed E-state index contributed by atoms with van der Waals surface area (Å²) in [6, 6.07) is 1.11. The molecule has 1 heterocycles. The standard InChI is InChI=1S/C10H13N3O5/c1-6(14)11-7(10(17)18-2)5-13-9(16)4-3-8(15)12-13/h3-4,7H,5H2,1-2H3,(H,11,14)(H,12,15). The van der Waals surface area contributed by atoms with Crippen molar-refractivity contribution in [3.63, 3.8) is 0 Å². The van der Waals surface area contributed by atoms with Gasteiger partial charge in [-0.05, 0) is 0 Å². The van der Waals surface area contributed by atoms with Crippen molar-refractivity contribution in [2.75, 3.05) is 7.11 Å². The van der Waals surface area contributed by atoms with Crippen LogP contribution in [0.25, 0.3) is 0 Å². The van der Waals surface area contributed by atoms with E-state index in [1.54, 1.807) is 0 Å². The van der Waals surface area contributed by atoms with Gasteiger partial charge in [0.25, 0.3) is 11.1 Å². The molecule has 0 radical (unpaired) electrons. The van der Waals surface area contributed by atoms with Crippen molar-refractivity contribution in [3.8, 4) is 0 Å². The molecule has 0 saturated heterocycles. The Balaban J connectivity index is 2.98. The molecule has 0 aromatic carbocycles. The Morgan fingerprint density at radius 2 is 2.11 bits per heavy atom. The third-order valence-corrected chi connectivity index (χ3v) is 2.12. The normalized spacial score (nSPS) is 11.7. The summed E-state index contributed by atoms with van der Waals surface area (Å²) in [6.07, 6.45) is 0. The van der Waals surface area contributed by atoms with Crippen molar-refractivity contribution in [1.82, 2.24) is 15.1 Å². The number of nitrogens with zero attached hydrogens (tertiary/aromatic N) is 1. The number of hydrogen-bond acceptors (Lipinski definition) is 5. The van der Waals surface area contributed by atoms with Gasteiger partial charge in [0.05, 0.1) is 13.7 Å². The van der Waals surface area contributed by atoms with Crippen LogP contribution in [0.3, 0.4) is 0 Å². The molecule has 1 amide bonds. The first kappa shape index (κ1) is 13.7. The summed E-state index contributed by atoms with van der Waals surface area (Å²) in [5.74, 6) is -1.15. The van der Waals surface area contributed by atoms with Gasteiger partial charge in [0.2, 0.25) is 5.91 Å². The molecule has 1 aromatic heterocycles. The lowest BCUT2D eigenvalue weighted by molar-refractivity contribution is -0.145. The summed E-state index contributed by atoms with van der Waals surface area (Å²) >= 11 is 0. The van der Waals surface area contributed by atoms with Crippen LogP contribution in [0.2, 0.25) is 0 Å². The molecule has 0 fully saturated rings. The fourth-order valence-electron chi connectivity index (χ4n) is 1.35. The SMILES string of the molecule is COC(=O)C(Cn1[nH]c(=O)ccc1=O)NC(C)=O. The molecule has 1 atom stereocenters. The van der Waals surface area contributed by atoms with Crippen LogP contribution in [0, 0.1) is 0 Å². The molecule has 98 valence electrons. The molecule has 18 heavy (non-hydrogen) atoms. The molecule has 0 aliphatic rings. The third kappa shape index (κ3) is 3.58. The largest absolute Gasteiger partial charge is 0.467 e. The summed E-state index contributed by atoms with van der Waals surface area (Å²) in [5, 5.41) is 4.58. The van der Waals surface area contributed by atoms with Gasteiger partial charge in [0.15, 0.2) is 0 Å². The number of H-pyrrole nitrogens is 1. The first-order valence-corrected chi connectivity index (χ1v) is 5.09. The molecule has 1 unspecified atom stereocenters. The Kier molecular flexibility index (Phi) is 4.41. The van der Waals surface area contributed by atoms with Crippen molar-refractivity contribution in [1.29, 1.82) is 0 Å². The molecule has 8 heteroatoms. The smallest absolute Gasteiger partial charge is 0.330 e. The Bertz CT molecular complexity index is 559. The van der Waals surface area contributed by atoms with E-state index in [4.69, 9.17) is 0 Å². The minimum atomic E-state index is -1.04. The number of aromatic amines is 1. The number of ether oxygens (including phenoxy) is 1. The molecule has 0 saturated carbocycles. The second-order valence-electron chi connectivity index (χ2n) is 3.53. The van der Waals surface area contributed by atoms with Gasteiger partial charge in [-0.15, -0.1) is 0 Å². The zero-order valence-electron chi connectivity index (χ0n) is 9.93. The highest BCUT2D eigenvalue weighted by atomic mass is 16.5. The number of amides is 1. The summed E-state index contributed by atoms with van der Waals surface area (Å²) in [6.45, 7) is 1.02. The van der Waals surface area contributed by atoms with E-state index in [-0.39, 0.29) is 6.54 Å². The van der Waals surface area contributed by atoms with Crippen LogP contribution >= 0.6 is 0 Å². The molecular formula is C10H13N3O5. The van der Waals surface area contributed by atoms with Crippen LogP contribution in [0.4, 0.5) is 0 Å². The van der Waals surface area contributed by atoms with Crippen LogP contribution in [0.5, 0.6) is 0 Å². The van der Waals surface area contributed by atoms with Crippen LogP contribution in [-0.4, -0.2) is 34.8 Å². The first-order valence-electron chi connectivity index (χ1n) is 5.09. The Morgan fingerprint density at radius 3 is 2.67 bits per heavy atom. The van der Waals surface area contributed by atoms with Crippen molar-refractivity contribution in [2.24, 2.45) is 0 Å². The highest BCUT2D eigenvalue weighted by molar-refractivity contribution is 5.83. The number of carbonyl (C=O) groups excluding carboxylic acids is 2. The molecule has 1 aromatic rings. The lowest BCUT2D eigenvalue weighted by Crippen LogP contribution is -2.46. The van der Waals surface area contributed by atoms with E-state index in [2.05, 4.69) is 15.2 Å². The van der Waals surface area contributed by atoms with E-state index in [1.807, 2.05) is 0 Å². The van der Waals surface area contributed by atoms with E-state index in [9.17, 15) is 19.2 Å². The lowest BCUT2D eigenvalue weighted by atomic mass is 10.3. The fraction of sp³-hybridized carbons (Fsp3) is 0.400. The van der Waals surface area contributed by atoms with Gasteiger partial charge in [0.1, 0.15) is 6.04 Å². The van der Waals surface area contributed by atoms with E-state index in [0.29, 0.717) is 0 Å². The maximum atomic E-state index is 11.4. The molecule has 0 aliphatic heterocycles. The van der Waals surface area contributed by atoms with Crippen molar-refractivity contribution < 1.29 is 14.3 Å². The lowest BCUT2D eigenvalue weighted by Gasteiger charge is -2.16. The topological polar surface area (TPSA) is 110 Å². The number of rotatable bonds is 4. The number of aromatic nitrogens is 2. The number of carbonyl (C=O) groups is 2. The zero-order valence-corrected chi connectivity index (χ0v) is 9.93. The average Bonchev–Trinajstić information content (AvgIpc) is 2.31. The molecule has 0 spiro atoms. The minimum absolute atomic E-state index is 0.207. The van der Waals surface area contributed by atoms with Crippen molar-refractivity contribution in [2.45, 2.75) is 19.5 Å². The monoisotopic (exact) mass is 255 g/mol. The Morgan fingerprint density at radius 1 is 1.44 bits per heavy atom. The maximum Gasteiger partial charge on any atom is 0.330 e. The van der Waals surface area contributed by atoms with E-state index in [0.717, 1.165) is 23.9 Å². The number of esters is 1. The predicted octanol–water partition coefficient (Wildman–Crippen LogP) is -1.79. The van der Waals surface area contributed by atoms with Crippen molar-refractivity contribution >= 4 is 11.9 Å². The summed E-state index contributed by atoms with van der Waals surface area (Å²) in [5.41, 5.74) is -0.977. The molecule has 2 N–H and O–H groups in total. The van der Waals surface area contributed by atoms with E-state index < -0.39 is 29.0 Å². The quantitative estimate of drug-likeness (QED) is 0.618. The highest BCUT2D eigenvalue weighted by Gasteiger charge is 2.21. The van der Waals surface area contributed by atoms with Crippen LogP contribution < -0.4 is 16.4 Å². The van der Waals surface area contributed by atoms with Gasteiger partial charge in [-0.3, -0.25) is 19.5 Å². The maximum absolute atomic E-state index is 11.4. The van der Waals surface area contributed by atoms with Gasteiger partial charge >= 0.3 is 5.97 Å². The minimum Gasteiger partial charge on any atom is -0.467 e. The fourth-order valence-corrected chi connectivity index (χ4v) is 1.35. The predicted molar refractivity (Wildman–Crippen MR) is 60.9 cm³/mol. The molecule has 8 nitrogen and oxygen atoms in total. The van der Waals surface area contributed by atoms with Crippen LogP contribution in [-0.2, 0) is 20.9 Å². The molecular weight excluding hydrogens is 242 g/mol. The number of methoxy groups -OCH3 is 1. The second-order valence-corrected chi connectivity index (χ2v) is 3.53. The van der Waals surface area contributed by atoms with E-state index >= 15 is 0 Å². The molecule has 0 aliphatic carbocycles.